The van der Waals surface area contributed by atoms with Crippen LogP contribution in [0.25, 0.3) is 0 Å². The van der Waals surface area contributed by atoms with Gasteiger partial charge >= 0.3 is 0 Å². The molecule has 0 bridgehead atoms. The summed E-state index contributed by atoms with van der Waals surface area (Å²) in [6.45, 7) is 0. The van der Waals surface area contributed by atoms with Crippen LogP contribution in [0.3, 0.4) is 0 Å². The minimum Gasteiger partial charge on any atom is -0.317 e. The molecule has 1 aliphatic rings. The summed E-state index contributed by atoms with van der Waals surface area (Å²) < 4.78 is 0. The molecule has 0 aromatic rings. The molecule has 0 aliphatic heterocycles. The first-order valence-electron chi connectivity index (χ1n) is 1.83. The molecule has 0 saturated heterocycles. The Kier molecular flexibility index (Phi) is 2.48. The molecule has 3 heteroatoms. The van der Waals surface area contributed by atoms with Gasteiger partial charge in [-0.15, -0.1) is 12.4 Å². The number of hydroxylamine groups is 1. The fourth-order valence-corrected chi connectivity index (χ4v) is 0.212. The number of rotatable bonds is 1. The highest BCUT2D eigenvalue weighted by molar-refractivity contribution is 5.85. The Hall–Kier alpha value is 0.210. The van der Waals surface area contributed by atoms with Crippen molar-refractivity contribution in [1.82, 2.24) is 5.48 Å². The highest BCUT2D eigenvalue weighted by Crippen LogP contribution is 2.16. The van der Waals surface area contributed by atoms with Gasteiger partial charge in [-0.1, -0.05) is 0 Å². The molecule has 2 nitrogen and oxygen atoms in total. The Morgan fingerprint density at radius 3 is 2.00 bits per heavy atom. The number of hydrogen-bond donors (Lipinski definition) is 2. The second kappa shape index (κ2) is 2.39. The lowest BCUT2D eigenvalue weighted by Crippen LogP contribution is -2.07. The van der Waals surface area contributed by atoms with Crippen LogP contribution in [-0.2, 0) is 0 Å². The highest BCUT2D eigenvalue weighted by Gasteiger charge is 2.18. The van der Waals surface area contributed by atoms with E-state index in [1.807, 2.05) is 0 Å². The first kappa shape index (κ1) is 6.21. The molecule has 38 valence electrons. The van der Waals surface area contributed by atoms with Crippen molar-refractivity contribution in [2.75, 3.05) is 0 Å². The van der Waals surface area contributed by atoms with Gasteiger partial charge in [-0.25, -0.2) is 5.48 Å². The van der Waals surface area contributed by atoms with Crippen molar-refractivity contribution in [3.05, 3.63) is 0 Å². The summed E-state index contributed by atoms with van der Waals surface area (Å²) in [5, 5.41) is 7.96. The Labute approximate surface area is 42.9 Å². The average Bonchev–Trinajstić information content (AvgIpc) is 2.12. The first-order valence-corrected chi connectivity index (χ1v) is 1.83. The standard InChI is InChI=1S/C3H7NO.ClH/c5-4-3-1-2-3;/h3-5H,1-2H2;1H. The van der Waals surface area contributed by atoms with E-state index in [1.54, 1.807) is 0 Å². The maximum atomic E-state index is 7.96. The lowest BCUT2D eigenvalue weighted by molar-refractivity contribution is 0.160. The van der Waals surface area contributed by atoms with Crippen molar-refractivity contribution >= 4 is 12.4 Å². The Bertz CT molecular complexity index is 37.8. The van der Waals surface area contributed by atoms with E-state index in [4.69, 9.17) is 5.21 Å². The van der Waals surface area contributed by atoms with Gasteiger partial charge in [-0.2, -0.15) is 0 Å². The zero-order valence-corrected chi connectivity index (χ0v) is 4.16. The topological polar surface area (TPSA) is 32.3 Å². The van der Waals surface area contributed by atoms with Gasteiger partial charge in [0.1, 0.15) is 0 Å². The largest absolute Gasteiger partial charge is 0.317 e. The summed E-state index contributed by atoms with van der Waals surface area (Å²) in [7, 11) is 0. The van der Waals surface area contributed by atoms with Crippen molar-refractivity contribution in [3.63, 3.8) is 0 Å². The summed E-state index contributed by atoms with van der Waals surface area (Å²) in [4.78, 5) is 0. The second-order valence-corrected chi connectivity index (χ2v) is 1.40. The molecular weight excluding hydrogens is 101 g/mol. The third-order valence-corrected chi connectivity index (χ3v) is 0.760. The zero-order valence-electron chi connectivity index (χ0n) is 3.35. The van der Waals surface area contributed by atoms with Crippen molar-refractivity contribution in [3.8, 4) is 0 Å². The molecule has 1 fully saturated rings. The van der Waals surface area contributed by atoms with Crippen LogP contribution < -0.4 is 5.48 Å². The minimum absolute atomic E-state index is 0. The molecule has 0 spiro atoms. The molecule has 0 atom stereocenters. The van der Waals surface area contributed by atoms with Crippen LogP contribution >= 0.6 is 12.4 Å². The van der Waals surface area contributed by atoms with E-state index >= 15 is 0 Å². The number of halogens is 1. The van der Waals surface area contributed by atoms with Crippen molar-refractivity contribution < 1.29 is 5.21 Å². The van der Waals surface area contributed by atoms with Gasteiger partial charge < -0.3 is 5.21 Å². The highest BCUT2D eigenvalue weighted by atomic mass is 35.5. The molecule has 1 saturated carbocycles. The van der Waals surface area contributed by atoms with E-state index in [0.29, 0.717) is 6.04 Å². The van der Waals surface area contributed by atoms with Crippen LogP contribution in [0.5, 0.6) is 0 Å². The van der Waals surface area contributed by atoms with Gasteiger partial charge in [0.2, 0.25) is 0 Å². The molecule has 0 unspecified atom stereocenters. The lowest BCUT2D eigenvalue weighted by atomic mass is 10.8. The van der Waals surface area contributed by atoms with E-state index in [1.165, 1.54) is 0 Å². The molecule has 0 aromatic heterocycles. The molecule has 0 aromatic carbocycles. The fraction of sp³-hybridized carbons (Fsp3) is 1.00. The predicted octanol–water partition coefficient (Wildman–Crippen LogP) is 0.549. The SMILES string of the molecule is Cl.ONC1CC1. The molecular formula is C3H8ClNO. The average molecular weight is 110 g/mol. The summed E-state index contributed by atoms with van der Waals surface area (Å²) in [5.41, 5.74) is 2.14. The van der Waals surface area contributed by atoms with Crippen LogP contribution in [0.1, 0.15) is 12.8 Å². The normalized spacial score (nSPS) is 19.5. The van der Waals surface area contributed by atoms with Crippen LogP contribution in [0.2, 0.25) is 0 Å². The van der Waals surface area contributed by atoms with Crippen molar-refractivity contribution in [1.29, 1.82) is 0 Å². The molecule has 1 rings (SSSR count). The quantitative estimate of drug-likeness (QED) is 0.482. The lowest BCUT2D eigenvalue weighted by Gasteiger charge is -1.79. The summed E-state index contributed by atoms with van der Waals surface area (Å²) in [6, 6.07) is 0.440. The van der Waals surface area contributed by atoms with Gasteiger partial charge in [0.05, 0.1) is 0 Å². The Balaban J connectivity index is 0.000000250. The van der Waals surface area contributed by atoms with Gasteiger partial charge in [0.15, 0.2) is 0 Å². The van der Waals surface area contributed by atoms with Gasteiger partial charge in [0.25, 0.3) is 0 Å². The second-order valence-electron chi connectivity index (χ2n) is 1.40. The van der Waals surface area contributed by atoms with Gasteiger partial charge in [0, 0.05) is 6.04 Å². The maximum absolute atomic E-state index is 7.96. The molecule has 0 heterocycles. The van der Waals surface area contributed by atoms with E-state index in [0.717, 1.165) is 12.8 Å². The van der Waals surface area contributed by atoms with Crippen LogP contribution in [-0.4, -0.2) is 11.2 Å². The number of hydrogen-bond acceptors (Lipinski definition) is 2. The third-order valence-electron chi connectivity index (χ3n) is 0.760. The maximum Gasteiger partial charge on any atom is 0.0320 e. The van der Waals surface area contributed by atoms with E-state index in [2.05, 4.69) is 5.48 Å². The monoisotopic (exact) mass is 109 g/mol. The van der Waals surface area contributed by atoms with E-state index < -0.39 is 0 Å². The van der Waals surface area contributed by atoms with Crippen molar-refractivity contribution in [2.45, 2.75) is 18.9 Å². The first-order chi connectivity index (χ1) is 2.43. The molecule has 1 aliphatic carbocycles. The molecule has 6 heavy (non-hydrogen) atoms. The van der Waals surface area contributed by atoms with Crippen molar-refractivity contribution in [2.24, 2.45) is 0 Å². The number of nitrogens with one attached hydrogen (secondary N) is 1. The van der Waals surface area contributed by atoms with Crippen LogP contribution in [0.4, 0.5) is 0 Å². The van der Waals surface area contributed by atoms with Gasteiger partial charge in [-0.3, -0.25) is 0 Å². The fourth-order valence-electron chi connectivity index (χ4n) is 0.212. The predicted molar refractivity (Wildman–Crippen MR) is 25.2 cm³/mol. The molecule has 0 amide bonds. The van der Waals surface area contributed by atoms with Crippen LogP contribution in [0, 0.1) is 0 Å². The smallest absolute Gasteiger partial charge is 0.0320 e. The van der Waals surface area contributed by atoms with E-state index in [-0.39, 0.29) is 12.4 Å². The zero-order chi connectivity index (χ0) is 3.70. The van der Waals surface area contributed by atoms with E-state index in [9.17, 15) is 0 Å². The van der Waals surface area contributed by atoms with Gasteiger partial charge in [-0.05, 0) is 12.8 Å². The third kappa shape index (κ3) is 1.60. The summed E-state index contributed by atoms with van der Waals surface area (Å²) in [6.07, 6.45) is 2.30. The Morgan fingerprint density at radius 2 is 2.00 bits per heavy atom. The molecule has 2 N–H and O–H groups in total. The van der Waals surface area contributed by atoms with Crippen LogP contribution in [0.15, 0.2) is 0 Å². The minimum atomic E-state index is 0. The molecule has 0 radical (unpaired) electrons. The Morgan fingerprint density at radius 1 is 1.50 bits per heavy atom. The summed E-state index contributed by atoms with van der Waals surface area (Å²) >= 11 is 0. The summed E-state index contributed by atoms with van der Waals surface area (Å²) in [5.74, 6) is 0.